The maximum absolute atomic E-state index is 9.65. The first-order valence-corrected chi connectivity index (χ1v) is 6.68. The summed E-state index contributed by atoms with van der Waals surface area (Å²) < 4.78 is 0. The van der Waals surface area contributed by atoms with Gasteiger partial charge < -0.3 is 15.6 Å². The van der Waals surface area contributed by atoms with Crippen LogP contribution in [-0.2, 0) is 13.0 Å². The third-order valence-corrected chi connectivity index (χ3v) is 3.50. The molecule has 0 radical (unpaired) electrons. The predicted octanol–water partition coefficient (Wildman–Crippen LogP) is 2.69. The zero-order valence-corrected chi connectivity index (χ0v) is 12.3. The Morgan fingerprint density at radius 2 is 1.71 bits per heavy atom. The summed E-state index contributed by atoms with van der Waals surface area (Å²) in [6.07, 6.45) is 5.39. The minimum absolute atomic E-state index is 0. The number of fused-ring (bicyclic) bond motifs is 1. The van der Waals surface area contributed by atoms with E-state index >= 15 is 0 Å². The molecule has 1 aliphatic heterocycles. The molecule has 5 nitrogen and oxygen atoms in total. The van der Waals surface area contributed by atoms with Gasteiger partial charge in [0.1, 0.15) is 0 Å². The number of phenolic OH excluding ortho intramolecular Hbond substituents is 2. The Bertz CT molecular complexity index is 607. The number of aryl methyl sites for hydroxylation is 1. The smallest absolute Gasteiger partial charge is 0.157 e. The molecule has 1 aromatic heterocycles. The number of phenols is 2. The van der Waals surface area contributed by atoms with Gasteiger partial charge in [0.2, 0.25) is 0 Å². The number of halogens is 1. The summed E-state index contributed by atoms with van der Waals surface area (Å²) in [7, 11) is 0. The van der Waals surface area contributed by atoms with E-state index in [0.717, 1.165) is 36.2 Å². The number of aromatic nitrogens is 1. The summed E-state index contributed by atoms with van der Waals surface area (Å²) >= 11 is 0. The summed E-state index contributed by atoms with van der Waals surface area (Å²) in [5, 5.41) is 21.3. The van der Waals surface area contributed by atoms with E-state index < -0.39 is 0 Å². The van der Waals surface area contributed by atoms with Gasteiger partial charge in [-0.1, -0.05) is 0 Å². The zero-order chi connectivity index (χ0) is 13.9. The monoisotopic (exact) mass is 307 g/mol. The van der Waals surface area contributed by atoms with Gasteiger partial charge in [-0.15, -0.1) is 12.4 Å². The highest BCUT2D eigenvalue weighted by Crippen LogP contribution is 2.31. The molecule has 6 heteroatoms. The molecular weight excluding hydrogens is 290 g/mol. The molecule has 21 heavy (non-hydrogen) atoms. The molecule has 112 valence electrons. The number of hydrogen-bond donors (Lipinski definition) is 3. The van der Waals surface area contributed by atoms with Crippen molar-refractivity contribution in [2.24, 2.45) is 0 Å². The van der Waals surface area contributed by atoms with Gasteiger partial charge in [-0.05, 0) is 48.2 Å². The van der Waals surface area contributed by atoms with Crippen LogP contribution in [0.4, 0.5) is 5.69 Å². The van der Waals surface area contributed by atoms with Crippen molar-refractivity contribution < 1.29 is 10.2 Å². The second-order valence-electron chi connectivity index (χ2n) is 4.98. The average molecular weight is 308 g/mol. The normalized spacial score (nSPS) is 14.7. The van der Waals surface area contributed by atoms with Crippen molar-refractivity contribution in [2.45, 2.75) is 19.4 Å². The SMILES string of the molecule is Cl.Oc1cc2c(cc1O)CN(Nc1ccncc1)CCC2. The molecule has 0 fully saturated rings. The lowest BCUT2D eigenvalue weighted by Gasteiger charge is -2.22. The standard InChI is InChI=1S/C15H17N3O2.ClH/c19-14-8-11-2-1-7-18(10-12(11)9-15(14)20)17-13-3-5-16-6-4-13;/h3-6,8-9,19-20H,1-2,7,10H2,(H,16,17);1H. The van der Waals surface area contributed by atoms with E-state index in [-0.39, 0.29) is 23.9 Å². The Morgan fingerprint density at radius 3 is 2.43 bits per heavy atom. The van der Waals surface area contributed by atoms with Crippen molar-refractivity contribution in [1.29, 1.82) is 0 Å². The largest absolute Gasteiger partial charge is 0.504 e. The first-order valence-electron chi connectivity index (χ1n) is 6.68. The molecule has 3 rings (SSSR count). The summed E-state index contributed by atoms with van der Waals surface area (Å²) in [5.74, 6) is -0.103. The number of nitrogens with zero attached hydrogens (tertiary/aromatic N) is 2. The highest BCUT2D eigenvalue weighted by molar-refractivity contribution is 5.85. The van der Waals surface area contributed by atoms with Gasteiger partial charge in [-0.25, -0.2) is 5.01 Å². The van der Waals surface area contributed by atoms with Gasteiger partial charge in [0, 0.05) is 25.5 Å². The molecule has 2 heterocycles. The highest BCUT2D eigenvalue weighted by atomic mass is 35.5. The summed E-state index contributed by atoms with van der Waals surface area (Å²) in [6.45, 7) is 1.59. The van der Waals surface area contributed by atoms with E-state index in [1.807, 2.05) is 12.1 Å². The zero-order valence-electron chi connectivity index (χ0n) is 11.5. The van der Waals surface area contributed by atoms with Crippen LogP contribution in [0.15, 0.2) is 36.7 Å². The molecule has 0 saturated carbocycles. The van der Waals surface area contributed by atoms with Crippen molar-refractivity contribution >= 4 is 18.1 Å². The van der Waals surface area contributed by atoms with Gasteiger partial charge >= 0.3 is 0 Å². The maximum Gasteiger partial charge on any atom is 0.157 e. The molecule has 0 unspecified atom stereocenters. The van der Waals surface area contributed by atoms with Crippen LogP contribution in [-0.4, -0.2) is 26.8 Å². The van der Waals surface area contributed by atoms with E-state index in [1.165, 1.54) is 0 Å². The van der Waals surface area contributed by atoms with Crippen LogP contribution in [0, 0.1) is 0 Å². The summed E-state index contributed by atoms with van der Waals surface area (Å²) in [4.78, 5) is 3.99. The van der Waals surface area contributed by atoms with E-state index in [1.54, 1.807) is 24.5 Å². The van der Waals surface area contributed by atoms with E-state index in [0.29, 0.717) is 6.54 Å². The topological polar surface area (TPSA) is 68.6 Å². The molecule has 0 atom stereocenters. The number of hydrazine groups is 1. The lowest BCUT2D eigenvalue weighted by Crippen LogP contribution is -2.29. The number of aromatic hydroxyl groups is 2. The number of benzene rings is 1. The molecule has 2 aromatic rings. The lowest BCUT2D eigenvalue weighted by molar-refractivity contribution is 0.326. The Morgan fingerprint density at radius 1 is 1.05 bits per heavy atom. The molecule has 0 aliphatic carbocycles. The molecule has 3 N–H and O–H groups in total. The fourth-order valence-electron chi connectivity index (χ4n) is 2.49. The van der Waals surface area contributed by atoms with Crippen LogP contribution in [0.2, 0.25) is 0 Å². The van der Waals surface area contributed by atoms with Crippen LogP contribution in [0.3, 0.4) is 0 Å². The molecule has 0 spiro atoms. The number of nitrogens with one attached hydrogen (secondary N) is 1. The van der Waals surface area contributed by atoms with Crippen molar-refractivity contribution in [2.75, 3.05) is 12.0 Å². The Hall–Kier alpha value is -1.98. The number of pyridine rings is 1. The van der Waals surface area contributed by atoms with E-state index in [2.05, 4.69) is 15.4 Å². The van der Waals surface area contributed by atoms with Crippen LogP contribution in [0.5, 0.6) is 11.5 Å². The minimum atomic E-state index is -0.0606. The second-order valence-corrected chi connectivity index (χ2v) is 4.98. The van der Waals surface area contributed by atoms with Crippen LogP contribution >= 0.6 is 12.4 Å². The fourth-order valence-corrected chi connectivity index (χ4v) is 2.49. The van der Waals surface area contributed by atoms with E-state index in [9.17, 15) is 10.2 Å². The third-order valence-electron chi connectivity index (χ3n) is 3.50. The van der Waals surface area contributed by atoms with Crippen LogP contribution < -0.4 is 5.43 Å². The van der Waals surface area contributed by atoms with Crippen LogP contribution in [0.25, 0.3) is 0 Å². The first kappa shape index (κ1) is 15.4. The molecule has 1 aromatic carbocycles. The highest BCUT2D eigenvalue weighted by Gasteiger charge is 2.16. The second kappa shape index (κ2) is 6.65. The van der Waals surface area contributed by atoms with Crippen molar-refractivity contribution in [3.63, 3.8) is 0 Å². The summed E-state index contributed by atoms with van der Waals surface area (Å²) in [6, 6.07) is 7.15. The molecule has 0 amide bonds. The quantitative estimate of drug-likeness (QED) is 0.744. The third kappa shape index (κ3) is 3.56. The van der Waals surface area contributed by atoms with Gasteiger partial charge in [-0.3, -0.25) is 4.98 Å². The van der Waals surface area contributed by atoms with Crippen LogP contribution in [0.1, 0.15) is 17.5 Å². The number of anilines is 1. The van der Waals surface area contributed by atoms with Gasteiger partial charge in [-0.2, -0.15) is 0 Å². The maximum atomic E-state index is 9.65. The van der Waals surface area contributed by atoms with E-state index in [4.69, 9.17) is 0 Å². The molecule has 1 aliphatic rings. The van der Waals surface area contributed by atoms with Gasteiger partial charge in [0.05, 0.1) is 5.69 Å². The van der Waals surface area contributed by atoms with Gasteiger partial charge in [0.15, 0.2) is 11.5 Å². The Labute approximate surface area is 129 Å². The average Bonchev–Trinajstić information content (AvgIpc) is 2.62. The lowest BCUT2D eigenvalue weighted by atomic mass is 10.0. The number of rotatable bonds is 2. The fraction of sp³-hybridized carbons (Fsp3) is 0.267. The summed E-state index contributed by atoms with van der Waals surface area (Å²) in [5.41, 5.74) is 6.47. The van der Waals surface area contributed by atoms with Gasteiger partial charge in [0.25, 0.3) is 0 Å². The predicted molar refractivity (Wildman–Crippen MR) is 83.6 cm³/mol. The molecule has 0 saturated heterocycles. The van der Waals surface area contributed by atoms with Crippen molar-refractivity contribution in [3.05, 3.63) is 47.8 Å². The number of hydrogen-bond acceptors (Lipinski definition) is 5. The molecular formula is C15H18ClN3O2. The molecule has 0 bridgehead atoms. The Kier molecular flexibility index (Phi) is 4.88. The van der Waals surface area contributed by atoms with Crippen molar-refractivity contribution in [3.8, 4) is 11.5 Å². The first-order chi connectivity index (χ1) is 9.72. The minimum Gasteiger partial charge on any atom is -0.504 e. The Balaban J connectivity index is 0.00000161. The van der Waals surface area contributed by atoms with Crippen molar-refractivity contribution in [1.82, 2.24) is 9.99 Å².